The van der Waals surface area contributed by atoms with Crippen LogP contribution >= 0.6 is 0 Å². The monoisotopic (exact) mass is 380 g/mol. The maximum atomic E-state index is 12.2. The van der Waals surface area contributed by atoms with Crippen molar-refractivity contribution in [2.24, 2.45) is 0 Å². The largest absolute Gasteiger partial charge is 0.372 e. The molecule has 0 aliphatic rings. The van der Waals surface area contributed by atoms with E-state index in [0.717, 1.165) is 24.3 Å². The molecule has 0 saturated heterocycles. The van der Waals surface area contributed by atoms with Gasteiger partial charge in [-0.3, -0.25) is 4.79 Å². The fourth-order valence-electron chi connectivity index (χ4n) is 2.84. The van der Waals surface area contributed by atoms with Crippen molar-refractivity contribution in [1.82, 2.24) is 15.4 Å². The summed E-state index contributed by atoms with van der Waals surface area (Å²) in [5.41, 5.74) is 3.43. The second-order valence-corrected chi connectivity index (χ2v) is 6.38. The zero-order chi connectivity index (χ0) is 20.1. The van der Waals surface area contributed by atoms with Crippen LogP contribution in [0.25, 0.3) is 0 Å². The van der Waals surface area contributed by atoms with Crippen molar-refractivity contribution >= 4 is 28.9 Å². The Morgan fingerprint density at radius 1 is 1.04 bits per heavy atom. The SMILES string of the molecule is CCN(CC)c1ccc(Nc2ccc(C(=O)Nc3cc(C)on3)nn2)c(C)c1. The van der Waals surface area contributed by atoms with E-state index in [2.05, 4.69) is 56.9 Å². The lowest BCUT2D eigenvalue weighted by Crippen LogP contribution is -2.21. The number of rotatable bonds is 7. The van der Waals surface area contributed by atoms with Crippen molar-refractivity contribution in [3.05, 3.63) is 53.4 Å². The lowest BCUT2D eigenvalue weighted by atomic mass is 10.1. The zero-order valence-corrected chi connectivity index (χ0v) is 16.5. The minimum atomic E-state index is -0.396. The standard InChI is InChI=1S/C20H24N6O2/c1-5-26(6-2)15-7-8-16(13(3)11-15)21-18-10-9-17(23-24-18)20(27)22-19-12-14(4)28-25-19/h7-12H,5-6H2,1-4H3,(H,21,24)(H,22,25,27). The highest BCUT2D eigenvalue weighted by atomic mass is 16.5. The normalized spacial score (nSPS) is 10.6. The second kappa shape index (κ2) is 8.51. The molecule has 0 unspecified atom stereocenters. The summed E-state index contributed by atoms with van der Waals surface area (Å²) >= 11 is 0. The lowest BCUT2D eigenvalue weighted by molar-refractivity contribution is 0.102. The summed E-state index contributed by atoms with van der Waals surface area (Å²) in [5, 5.41) is 17.7. The first-order valence-corrected chi connectivity index (χ1v) is 9.21. The molecule has 1 aromatic carbocycles. The smallest absolute Gasteiger partial charge is 0.277 e. The average Bonchev–Trinajstić information content (AvgIpc) is 3.10. The van der Waals surface area contributed by atoms with E-state index >= 15 is 0 Å². The maximum absolute atomic E-state index is 12.2. The van der Waals surface area contributed by atoms with Crippen LogP contribution in [0.15, 0.2) is 40.9 Å². The molecule has 0 fully saturated rings. The molecule has 8 heteroatoms. The van der Waals surface area contributed by atoms with Gasteiger partial charge in [0, 0.05) is 30.5 Å². The number of hydrogen-bond acceptors (Lipinski definition) is 7. The summed E-state index contributed by atoms with van der Waals surface area (Å²) in [4.78, 5) is 14.5. The third-order valence-electron chi connectivity index (χ3n) is 4.37. The Balaban J connectivity index is 1.68. The highest BCUT2D eigenvalue weighted by molar-refractivity contribution is 6.02. The van der Waals surface area contributed by atoms with Crippen LogP contribution in [-0.2, 0) is 0 Å². The number of aryl methyl sites for hydroxylation is 2. The Morgan fingerprint density at radius 2 is 1.82 bits per heavy atom. The van der Waals surface area contributed by atoms with Gasteiger partial charge in [-0.1, -0.05) is 5.16 Å². The molecule has 2 N–H and O–H groups in total. The van der Waals surface area contributed by atoms with Crippen LogP contribution in [0.4, 0.5) is 23.0 Å². The van der Waals surface area contributed by atoms with E-state index in [1.54, 1.807) is 25.1 Å². The number of benzene rings is 1. The van der Waals surface area contributed by atoms with Crippen LogP contribution in [0, 0.1) is 13.8 Å². The molecular formula is C20H24N6O2. The number of aromatic nitrogens is 3. The van der Waals surface area contributed by atoms with E-state index < -0.39 is 5.91 Å². The fourth-order valence-corrected chi connectivity index (χ4v) is 2.84. The first-order valence-electron chi connectivity index (χ1n) is 9.21. The summed E-state index contributed by atoms with van der Waals surface area (Å²) in [6, 6.07) is 11.2. The van der Waals surface area contributed by atoms with E-state index in [4.69, 9.17) is 4.52 Å². The predicted octanol–water partition coefficient (Wildman–Crippen LogP) is 3.92. The van der Waals surface area contributed by atoms with Crippen LogP contribution in [0.2, 0.25) is 0 Å². The molecule has 0 aliphatic carbocycles. The molecular weight excluding hydrogens is 356 g/mol. The lowest BCUT2D eigenvalue weighted by Gasteiger charge is -2.22. The van der Waals surface area contributed by atoms with Crippen LogP contribution in [0.1, 0.15) is 35.7 Å². The second-order valence-electron chi connectivity index (χ2n) is 6.38. The van der Waals surface area contributed by atoms with Crippen molar-refractivity contribution in [3.63, 3.8) is 0 Å². The van der Waals surface area contributed by atoms with Gasteiger partial charge in [0.1, 0.15) is 5.76 Å². The third kappa shape index (κ3) is 4.46. The Hall–Kier alpha value is -3.42. The van der Waals surface area contributed by atoms with Gasteiger partial charge in [0.15, 0.2) is 17.3 Å². The maximum Gasteiger partial charge on any atom is 0.277 e. The Bertz CT molecular complexity index is 948. The van der Waals surface area contributed by atoms with Gasteiger partial charge in [-0.25, -0.2) is 0 Å². The molecule has 2 aromatic heterocycles. The predicted molar refractivity (Wildman–Crippen MR) is 109 cm³/mol. The number of amides is 1. The molecule has 8 nitrogen and oxygen atoms in total. The molecule has 0 radical (unpaired) electrons. The van der Waals surface area contributed by atoms with E-state index in [9.17, 15) is 4.79 Å². The van der Waals surface area contributed by atoms with Gasteiger partial charge in [0.05, 0.1) is 0 Å². The van der Waals surface area contributed by atoms with Gasteiger partial charge in [-0.05, 0) is 63.6 Å². The summed E-state index contributed by atoms with van der Waals surface area (Å²) in [6.07, 6.45) is 0. The molecule has 0 spiro atoms. The average molecular weight is 380 g/mol. The minimum absolute atomic E-state index is 0.194. The highest BCUT2D eigenvalue weighted by Gasteiger charge is 2.12. The molecule has 0 aliphatic heterocycles. The summed E-state index contributed by atoms with van der Waals surface area (Å²) in [6.45, 7) is 10.0. The number of carbonyl (C=O) groups is 1. The van der Waals surface area contributed by atoms with E-state index in [0.29, 0.717) is 17.4 Å². The van der Waals surface area contributed by atoms with Gasteiger partial charge in [0.2, 0.25) is 0 Å². The molecule has 0 bridgehead atoms. The topological polar surface area (TPSA) is 96.2 Å². The van der Waals surface area contributed by atoms with Gasteiger partial charge in [-0.2, -0.15) is 0 Å². The van der Waals surface area contributed by atoms with E-state index in [1.165, 1.54) is 5.69 Å². The molecule has 3 rings (SSSR count). The molecule has 3 aromatic rings. The molecule has 0 saturated carbocycles. The third-order valence-corrected chi connectivity index (χ3v) is 4.37. The summed E-state index contributed by atoms with van der Waals surface area (Å²) < 4.78 is 4.92. The van der Waals surface area contributed by atoms with Gasteiger partial charge in [-0.15, -0.1) is 10.2 Å². The van der Waals surface area contributed by atoms with Crippen LogP contribution < -0.4 is 15.5 Å². The number of nitrogens with one attached hydrogen (secondary N) is 2. The van der Waals surface area contributed by atoms with Crippen molar-refractivity contribution < 1.29 is 9.32 Å². The summed E-state index contributed by atoms with van der Waals surface area (Å²) in [7, 11) is 0. The van der Waals surface area contributed by atoms with E-state index in [-0.39, 0.29) is 5.69 Å². The van der Waals surface area contributed by atoms with E-state index in [1.807, 2.05) is 13.0 Å². The highest BCUT2D eigenvalue weighted by Crippen LogP contribution is 2.24. The fraction of sp³-hybridized carbons (Fsp3) is 0.300. The first kappa shape index (κ1) is 19.3. The van der Waals surface area contributed by atoms with Crippen LogP contribution in [0.3, 0.4) is 0 Å². The van der Waals surface area contributed by atoms with Crippen molar-refractivity contribution in [2.45, 2.75) is 27.7 Å². The van der Waals surface area contributed by atoms with Gasteiger partial charge >= 0.3 is 0 Å². The molecule has 146 valence electrons. The van der Waals surface area contributed by atoms with Gasteiger partial charge < -0.3 is 20.1 Å². The van der Waals surface area contributed by atoms with Crippen molar-refractivity contribution in [2.75, 3.05) is 28.6 Å². The molecule has 1 amide bonds. The number of hydrogen-bond donors (Lipinski definition) is 2. The first-order chi connectivity index (χ1) is 13.5. The number of nitrogens with zero attached hydrogens (tertiary/aromatic N) is 4. The van der Waals surface area contributed by atoms with Crippen molar-refractivity contribution in [1.29, 1.82) is 0 Å². The Labute approximate surface area is 163 Å². The zero-order valence-electron chi connectivity index (χ0n) is 16.5. The quantitative estimate of drug-likeness (QED) is 0.641. The van der Waals surface area contributed by atoms with Gasteiger partial charge in [0.25, 0.3) is 5.91 Å². The summed E-state index contributed by atoms with van der Waals surface area (Å²) in [5.74, 6) is 1.12. The Kier molecular flexibility index (Phi) is 5.88. The minimum Gasteiger partial charge on any atom is -0.372 e. The Morgan fingerprint density at radius 3 is 2.39 bits per heavy atom. The van der Waals surface area contributed by atoms with Crippen LogP contribution in [-0.4, -0.2) is 34.4 Å². The van der Waals surface area contributed by atoms with Crippen molar-refractivity contribution in [3.8, 4) is 0 Å². The van der Waals surface area contributed by atoms with Crippen LogP contribution in [0.5, 0.6) is 0 Å². The number of carbonyl (C=O) groups excluding carboxylic acids is 1. The molecule has 2 heterocycles. The number of anilines is 4. The molecule has 0 atom stereocenters. The molecule has 28 heavy (non-hydrogen) atoms.